The van der Waals surface area contributed by atoms with Gasteiger partial charge in [-0.05, 0) is 22.0 Å². The van der Waals surface area contributed by atoms with E-state index in [1.807, 2.05) is 0 Å². The molecular formula is C10H8BrN3O2. The van der Waals surface area contributed by atoms with E-state index < -0.39 is 0 Å². The van der Waals surface area contributed by atoms with E-state index in [1.165, 1.54) is 7.11 Å². The summed E-state index contributed by atoms with van der Waals surface area (Å²) in [7, 11) is 1.52. The first-order valence-electron chi connectivity index (χ1n) is 4.45. The van der Waals surface area contributed by atoms with Gasteiger partial charge in [-0.2, -0.15) is 10.4 Å². The van der Waals surface area contributed by atoms with E-state index in [0.29, 0.717) is 16.8 Å². The van der Waals surface area contributed by atoms with Gasteiger partial charge in [0.2, 0.25) is 0 Å². The van der Waals surface area contributed by atoms with Crippen LogP contribution in [-0.4, -0.2) is 24.1 Å². The van der Waals surface area contributed by atoms with Crippen LogP contribution < -0.4 is 4.74 Å². The number of methoxy groups -OCH3 is 1. The third kappa shape index (κ3) is 1.75. The zero-order chi connectivity index (χ0) is 11.5. The molecule has 1 heterocycles. The Kier molecular flexibility index (Phi) is 3.08. The van der Waals surface area contributed by atoms with Gasteiger partial charge in [-0.1, -0.05) is 0 Å². The average molecular weight is 282 g/mol. The van der Waals surface area contributed by atoms with Crippen LogP contribution in [-0.2, 0) is 4.74 Å². The highest BCUT2D eigenvalue weighted by Gasteiger charge is 2.13. The van der Waals surface area contributed by atoms with Crippen LogP contribution in [0.5, 0.6) is 5.75 Å². The maximum Gasteiger partial charge on any atom is 0.188 e. The van der Waals surface area contributed by atoms with Gasteiger partial charge in [0.1, 0.15) is 17.4 Å². The molecule has 0 amide bonds. The molecule has 0 saturated heterocycles. The van der Waals surface area contributed by atoms with Crippen molar-refractivity contribution in [3.05, 3.63) is 22.3 Å². The van der Waals surface area contributed by atoms with Gasteiger partial charge in [-0.3, -0.25) is 5.10 Å². The Labute approximate surface area is 100 Å². The number of H-pyrrole nitrogens is 1. The van der Waals surface area contributed by atoms with Crippen molar-refractivity contribution in [2.45, 2.75) is 0 Å². The van der Waals surface area contributed by atoms with E-state index in [2.05, 4.69) is 32.2 Å². The molecule has 0 atom stereocenters. The Balaban J connectivity index is 2.60. The molecule has 82 valence electrons. The lowest BCUT2D eigenvalue weighted by Crippen LogP contribution is -2.01. The number of hydrogen-bond acceptors (Lipinski definition) is 4. The van der Waals surface area contributed by atoms with E-state index in [4.69, 9.17) is 14.7 Å². The molecule has 5 nitrogen and oxygen atoms in total. The van der Waals surface area contributed by atoms with Crippen molar-refractivity contribution >= 4 is 26.8 Å². The molecule has 1 aromatic carbocycles. The lowest BCUT2D eigenvalue weighted by atomic mass is 10.1. The third-order valence-corrected chi connectivity index (χ3v) is 2.75. The van der Waals surface area contributed by atoms with Crippen LogP contribution in [0, 0.1) is 11.3 Å². The van der Waals surface area contributed by atoms with Gasteiger partial charge in [0.05, 0.1) is 11.7 Å². The smallest absolute Gasteiger partial charge is 0.188 e. The van der Waals surface area contributed by atoms with Gasteiger partial charge < -0.3 is 9.47 Å². The van der Waals surface area contributed by atoms with Crippen LogP contribution in [0.1, 0.15) is 5.56 Å². The first-order valence-corrected chi connectivity index (χ1v) is 5.24. The van der Waals surface area contributed by atoms with E-state index in [1.54, 1.807) is 12.3 Å². The molecule has 0 aliphatic carbocycles. The van der Waals surface area contributed by atoms with Crippen LogP contribution in [0.3, 0.4) is 0 Å². The number of aromatic amines is 1. The second kappa shape index (κ2) is 4.51. The van der Waals surface area contributed by atoms with E-state index in [0.717, 1.165) is 9.86 Å². The Hall–Kier alpha value is -1.58. The molecule has 0 unspecified atom stereocenters. The summed E-state index contributed by atoms with van der Waals surface area (Å²) in [5, 5.41) is 16.6. The molecule has 0 bridgehead atoms. The summed E-state index contributed by atoms with van der Waals surface area (Å²) in [5.41, 5.74) is 1.08. The third-order valence-electron chi connectivity index (χ3n) is 2.09. The molecule has 1 N–H and O–H groups in total. The molecule has 6 heteroatoms. The van der Waals surface area contributed by atoms with Gasteiger partial charge in [-0.15, -0.1) is 0 Å². The highest BCUT2D eigenvalue weighted by Crippen LogP contribution is 2.32. The number of benzene rings is 1. The second-order valence-electron chi connectivity index (χ2n) is 3.05. The quantitative estimate of drug-likeness (QED) is 0.876. The number of fused-ring (bicyclic) bond motifs is 1. The molecule has 1 aromatic heterocycles. The number of ether oxygens (including phenoxy) is 2. The monoisotopic (exact) mass is 281 g/mol. The van der Waals surface area contributed by atoms with Crippen molar-refractivity contribution in [1.82, 2.24) is 10.2 Å². The molecule has 0 aliphatic heterocycles. The summed E-state index contributed by atoms with van der Waals surface area (Å²) in [5.74, 6) is 0.466. The van der Waals surface area contributed by atoms with E-state index >= 15 is 0 Å². The predicted octanol–water partition coefficient (Wildman–Crippen LogP) is 2.18. The van der Waals surface area contributed by atoms with Gasteiger partial charge in [0.15, 0.2) is 6.79 Å². The standard InChI is InChI=1S/C10H8BrN3O2/c1-15-5-16-9-2-8(11)7-4-13-14-10(7)6(9)3-12/h2,4H,5H2,1H3,(H,13,14). The summed E-state index contributed by atoms with van der Waals surface area (Å²) in [4.78, 5) is 0. The number of nitriles is 1. The predicted molar refractivity (Wildman–Crippen MR) is 61.0 cm³/mol. The summed E-state index contributed by atoms with van der Waals surface area (Å²) in [6.45, 7) is 0.0980. The fourth-order valence-corrected chi connectivity index (χ4v) is 1.90. The highest BCUT2D eigenvalue weighted by molar-refractivity contribution is 9.10. The first kappa shape index (κ1) is 10.9. The van der Waals surface area contributed by atoms with Crippen molar-refractivity contribution in [3.63, 3.8) is 0 Å². The summed E-state index contributed by atoms with van der Waals surface area (Å²) in [6, 6.07) is 3.82. The molecule has 0 spiro atoms. The molecule has 16 heavy (non-hydrogen) atoms. The van der Waals surface area contributed by atoms with Crippen LogP contribution in [0.25, 0.3) is 10.9 Å². The Morgan fingerprint density at radius 3 is 3.12 bits per heavy atom. The van der Waals surface area contributed by atoms with Crippen molar-refractivity contribution in [2.75, 3.05) is 13.9 Å². The SMILES string of the molecule is COCOc1cc(Br)c2cn[nH]c2c1C#N. The van der Waals surface area contributed by atoms with Crippen molar-refractivity contribution in [1.29, 1.82) is 5.26 Å². The topological polar surface area (TPSA) is 70.9 Å². The molecule has 2 aromatic rings. The summed E-state index contributed by atoms with van der Waals surface area (Å²) in [6.07, 6.45) is 1.65. The molecular weight excluding hydrogens is 274 g/mol. The number of rotatable bonds is 3. The molecule has 0 aliphatic rings. The fourth-order valence-electron chi connectivity index (χ4n) is 1.39. The van der Waals surface area contributed by atoms with Gasteiger partial charge in [0, 0.05) is 17.0 Å². The minimum atomic E-state index is 0.0980. The van der Waals surface area contributed by atoms with Crippen molar-refractivity contribution < 1.29 is 9.47 Å². The van der Waals surface area contributed by atoms with Crippen LogP contribution in [0.4, 0.5) is 0 Å². The van der Waals surface area contributed by atoms with Gasteiger partial charge >= 0.3 is 0 Å². The number of nitrogens with zero attached hydrogens (tertiary/aromatic N) is 2. The fraction of sp³-hybridized carbons (Fsp3) is 0.200. The Morgan fingerprint density at radius 2 is 2.44 bits per heavy atom. The number of nitrogens with one attached hydrogen (secondary N) is 1. The zero-order valence-electron chi connectivity index (χ0n) is 8.45. The molecule has 0 radical (unpaired) electrons. The molecule has 2 rings (SSSR count). The van der Waals surface area contributed by atoms with Crippen LogP contribution >= 0.6 is 15.9 Å². The minimum Gasteiger partial charge on any atom is -0.466 e. The average Bonchev–Trinajstić information content (AvgIpc) is 2.76. The first-order chi connectivity index (χ1) is 7.77. The van der Waals surface area contributed by atoms with E-state index in [-0.39, 0.29) is 6.79 Å². The number of hydrogen-bond donors (Lipinski definition) is 1. The normalized spacial score (nSPS) is 10.3. The maximum atomic E-state index is 9.09. The summed E-state index contributed by atoms with van der Waals surface area (Å²) < 4.78 is 10.9. The van der Waals surface area contributed by atoms with E-state index in [9.17, 15) is 0 Å². The van der Waals surface area contributed by atoms with Crippen LogP contribution in [0.15, 0.2) is 16.7 Å². The Morgan fingerprint density at radius 1 is 1.62 bits per heavy atom. The lowest BCUT2D eigenvalue weighted by molar-refractivity contribution is 0.0510. The zero-order valence-corrected chi connectivity index (χ0v) is 10.0. The second-order valence-corrected chi connectivity index (χ2v) is 3.91. The largest absolute Gasteiger partial charge is 0.466 e. The van der Waals surface area contributed by atoms with Crippen molar-refractivity contribution in [3.8, 4) is 11.8 Å². The molecule has 0 fully saturated rings. The summed E-state index contributed by atoms with van der Waals surface area (Å²) >= 11 is 3.39. The van der Waals surface area contributed by atoms with Gasteiger partial charge in [-0.25, -0.2) is 0 Å². The lowest BCUT2D eigenvalue weighted by Gasteiger charge is -2.07. The Bertz CT molecular complexity index is 559. The van der Waals surface area contributed by atoms with Gasteiger partial charge in [0.25, 0.3) is 0 Å². The maximum absolute atomic E-state index is 9.09. The highest BCUT2D eigenvalue weighted by atomic mass is 79.9. The molecule has 0 saturated carbocycles. The number of halogens is 1. The van der Waals surface area contributed by atoms with Crippen molar-refractivity contribution in [2.24, 2.45) is 0 Å². The minimum absolute atomic E-state index is 0.0980. The van der Waals surface area contributed by atoms with Crippen LogP contribution in [0.2, 0.25) is 0 Å². The number of aromatic nitrogens is 2.